The fourth-order valence-electron chi connectivity index (χ4n) is 5.83. The van der Waals surface area contributed by atoms with Gasteiger partial charge >= 0.3 is 6.09 Å². The minimum absolute atomic E-state index is 0.204. The summed E-state index contributed by atoms with van der Waals surface area (Å²) in [6.07, 6.45) is 5.06. The van der Waals surface area contributed by atoms with E-state index in [1.165, 1.54) is 11.0 Å². The maximum Gasteiger partial charge on any atom is 0.414 e. The molecule has 4 aliphatic rings. The number of rotatable bonds is 3. The lowest BCUT2D eigenvalue weighted by Crippen LogP contribution is -2.50. The van der Waals surface area contributed by atoms with E-state index >= 15 is 4.39 Å². The molecular weight excluding hydrogens is 401 g/mol. The van der Waals surface area contributed by atoms with Gasteiger partial charge in [-0.3, -0.25) is 9.69 Å². The zero-order valence-electron chi connectivity index (χ0n) is 17.8. The number of hydrogen-bond donors (Lipinski definition) is 1. The van der Waals surface area contributed by atoms with Crippen molar-refractivity contribution in [2.24, 2.45) is 5.41 Å². The standard InChI is InChI=1S/C23H30FN3O4/c24-19-14-17(27-12-13-31-22(27)30)4-7-20(19)25-10-1-8-23(15-25)9-11-26(21(23)29)16-2-5-18(28)6-3-16/h4,7,14,16,18,28H,1-3,5-6,8-13,15H2/t16-,18-,23-/m0/s1. The lowest BCUT2D eigenvalue weighted by atomic mass is 9.78. The number of cyclic esters (lactones) is 1. The highest BCUT2D eigenvalue weighted by atomic mass is 19.1. The van der Waals surface area contributed by atoms with Crippen molar-refractivity contribution in [3.05, 3.63) is 24.0 Å². The van der Waals surface area contributed by atoms with Gasteiger partial charge in [0.2, 0.25) is 5.91 Å². The smallest absolute Gasteiger partial charge is 0.414 e. The summed E-state index contributed by atoms with van der Waals surface area (Å²) in [5, 5.41) is 9.79. The molecule has 1 aromatic carbocycles. The lowest BCUT2D eigenvalue weighted by Gasteiger charge is -2.41. The van der Waals surface area contributed by atoms with Crippen LogP contribution in [0.4, 0.5) is 20.6 Å². The Bertz CT molecular complexity index is 872. The highest BCUT2D eigenvalue weighted by Crippen LogP contribution is 2.44. The van der Waals surface area contributed by atoms with E-state index in [0.29, 0.717) is 37.6 Å². The average molecular weight is 432 g/mol. The zero-order chi connectivity index (χ0) is 21.6. The van der Waals surface area contributed by atoms with Crippen molar-refractivity contribution in [1.29, 1.82) is 0 Å². The highest BCUT2D eigenvalue weighted by Gasteiger charge is 2.50. The maximum absolute atomic E-state index is 15.1. The van der Waals surface area contributed by atoms with Gasteiger partial charge in [0.25, 0.3) is 0 Å². The fourth-order valence-corrected chi connectivity index (χ4v) is 5.83. The minimum atomic E-state index is -0.448. The van der Waals surface area contributed by atoms with Crippen molar-refractivity contribution in [1.82, 2.24) is 4.90 Å². The fraction of sp³-hybridized carbons (Fsp3) is 0.652. The number of hydrogen-bond acceptors (Lipinski definition) is 5. The normalized spacial score (nSPS) is 31.6. The van der Waals surface area contributed by atoms with Crippen LogP contribution < -0.4 is 9.80 Å². The van der Waals surface area contributed by atoms with Crippen molar-refractivity contribution in [2.45, 2.75) is 57.1 Å². The molecule has 1 spiro atoms. The average Bonchev–Trinajstić information content (AvgIpc) is 3.33. The molecule has 0 aromatic heterocycles. The van der Waals surface area contributed by atoms with Crippen LogP contribution in [0.1, 0.15) is 44.9 Å². The first-order chi connectivity index (χ1) is 15.0. The summed E-state index contributed by atoms with van der Waals surface area (Å²) in [5.74, 6) is -0.173. The second kappa shape index (κ2) is 7.97. The van der Waals surface area contributed by atoms with E-state index in [1.807, 2.05) is 9.80 Å². The van der Waals surface area contributed by atoms with Gasteiger partial charge in [-0.1, -0.05) is 0 Å². The lowest BCUT2D eigenvalue weighted by molar-refractivity contribution is -0.139. The van der Waals surface area contributed by atoms with Gasteiger partial charge in [0.05, 0.1) is 29.4 Å². The first kappa shape index (κ1) is 20.5. The molecule has 1 atom stereocenters. The summed E-state index contributed by atoms with van der Waals surface area (Å²) in [6.45, 7) is 2.74. The predicted octanol–water partition coefficient (Wildman–Crippen LogP) is 2.90. The molecule has 31 heavy (non-hydrogen) atoms. The van der Waals surface area contributed by atoms with Gasteiger partial charge in [0, 0.05) is 25.7 Å². The molecule has 4 fully saturated rings. The molecule has 5 rings (SSSR count). The summed E-state index contributed by atoms with van der Waals surface area (Å²) in [4.78, 5) is 30.7. The van der Waals surface area contributed by atoms with Crippen LogP contribution in [0.5, 0.6) is 0 Å². The monoisotopic (exact) mass is 431 g/mol. The molecule has 0 bridgehead atoms. The number of halogens is 1. The number of ether oxygens (including phenoxy) is 1. The maximum atomic E-state index is 15.1. The molecule has 2 amide bonds. The van der Waals surface area contributed by atoms with Crippen LogP contribution in [0.15, 0.2) is 18.2 Å². The molecular formula is C23H30FN3O4. The Kier molecular flexibility index (Phi) is 5.28. The van der Waals surface area contributed by atoms with Crippen LogP contribution in [0.25, 0.3) is 0 Å². The summed E-state index contributed by atoms with van der Waals surface area (Å²) in [7, 11) is 0. The number of anilines is 2. The summed E-state index contributed by atoms with van der Waals surface area (Å²) in [5.41, 5.74) is 0.540. The van der Waals surface area contributed by atoms with E-state index in [-0.39, 0.29) is 23.9 Å². The van der Waals surface area contributed by atoms with Gasteiger partial charge in [-0.05, 0) is 63.1 Å². The van der Waals surface area contributed by atoms with Crippen molar-refractivity contribution in [3.63, 3.8) is 0 Å². The zero-order valence-corrected chi connectivity index (χ0v) is 17.8. The molecule has 0 unspecified atom stereocenters. The number of carbonyl (C=O) groups excluding carboxylic acids is 2. The van der Waals surface area contributed by atoms with E-state index < -0.39 is 11.5 Å². The van der Waals surface area contributed by atoms with Gasteiger partial charge in [-0.15, -0.1) is 0 Å². The third-order valence-corrected chi connectivity index (χ3v) is 7.57. The van der Waals surface area contributed by atoms with E-state index in [0.717, 1.165) is 51.5 Å². The Hall–Kier alpha value is -2.35. The van der Waals surface area contributed by atoms with Gasteiger partial charge in [-0.25, -0.2) is 9.18 Å². The Morgan fingerprint density at radius 1 is 1.06 bits per heavy atom. The molecule has 8 heteroatoms. The van der Waals surface area contributed by atoms with E-state index in [1.54, 1.807) is 12.1 Å². The van der Waals surface area contributed by atoms with Crippen molar-refractivity contribution >= 4 is 23.4 Å². The van der Waals surface area contributed by atoms with Crippen LogP contribution in [0.2, 0.25) is 0 Å². The number of amides is 2. The molecule has 3 saturated heterocycles. The summed E-state index contributed by atoms with van der Waals surface area (Å²) >= 11 is 0. The third kappa shape index (κ3) is 3.64. The topological polar surface area (TPSA) is 73.3 Å². The van der Waals surface area contributed by atoms with Gasteiger partial charge < -0.3 is 19.6 Å². The Balaban J connectivity index is 1.31. The van der Waals surface area contributed by atoms with E-state index in [9.17, 15) is 14.7 Å². The number of nitrogens with zero attached hydrogens (tertiary/aromatic N) is 3. The summed E-state index contributed by atoms with van der Waals surface area (Å²) < 4.78 is 20.0. The van der Waals surface area contributed by atoms with E-state index in [4.69, 9.17) is 4.74 Å². The number of carbonyl (C=O) groups is 2. The number of piperidine rings is 1. The number of aliphatic hydroxyl groups excluding tert-OH is 1. The second-order valence-electron chi connectivity index (χ2n) is 9.42. The highest BCUT2D eigenvalue weighted by molar-refractivity contribution is 5.89. The Morgan fingerprint density at radius 2 is 1.87 bits per heavy atom. The molecule has 3 heterocycles. The largest absolute Gasteiger partial charge is 0.447 e. The molecule has 7 nitrogen and oxygen atoms in total. The first-order valence-electron chi connectivity index (χ1n) is 11.4. The van der Waals surface area contributed by atoms with Gasteiger partial charge in [0.1, 0.15) is 12.4 Å². The van der Waals surface area contributed by atoms with E-state index in [2.05, 4.69) is 0 Å². The molecule has 0 radical (unpaired) electrons. The van der Waals surface area contributed by atoms with Crippen LogP contribution in [-0.4, -0.2) is 66.9 Å². The second-order valence-corrected chi connectivity index (χ2v) is 9.42. The third-order valence-electron chi connectivity index (χ3n) is 7.57. The van der Waals surface area contributed by atoms with Crippen LogP contribution in [0.3, 0.4) is 0 Å². The van der Waals surface area contributed by atoms with Gasteiger partial charge in [-0.2, -0.15) is 0 Å². The van der Waals surface area contributed by atoms with Crippen LogP contribution in [0, 0.1) is 11.2 Å². The molecule has 1 aliphatic carbocycles. The first-order valence-corrected chi connectivity index (χ1v) is 11.4. The summed E-state index contributed by atoms with van der Waals surface area (Å²) in [6, 6.07) is 5.08. The predicted molar refractivity (Wildman–Crippen MR) is 114 cm³/mol. The number of aliphatic hydroxyl groups is 1. The Morgan fingerprint density at radius 3 is 2.58 bits per heavy atom. The SMILES string of the molecule is O=C1OCCN1c1ccc(N2CCC[C@]3(CCN([C@H]4CC[C@H](O)CC4)C3=O)C2)c(F)c1. The molecule has 1 N–H and O–H groups in total. The minimum Gasteiger partial charge on any atom is -0.447 e. The Labute approximate surface area is 181 Å². The number of benzene rings is 1. The van der Waals surface area contributed by atoms with Crippen molar-refractivity contribution in [3.8, 4) is 0 Å². The molecule has 168 valence electrons. The molecule has 3 aliphatic heterocycles. The number of likely N-dealkylation sites (tertiary alicyclic amines) is 1. The van der Waals surface area contributed by atoms with Gasteiger partial charge in [0.15, 0.2) is 0 Å². The van der Waals surface area contributed by atoms with Crippen molar-refractivity contribution < 1.29 is 23.8 Å². The van der Waals surface area contributed by atoms with Crippen LogP contribution >= 0.6 is 0 Å². The van der Waals surface area contributed by atoms with Crippen LogP contribution in [-0.2, 0) is 9.53 Å². The molecule has 1 saturated carbocycles. The van der Waals surface area contributed by atoms with Crippen molar-refractivity contribution in [2.75, 3.05) is 42.6 Å². The molecule has 1 aromatic rings. The quantitative estimate of drug-likeness (QED) is 0.797.